The zero-order chi connectivity index (χ0) is 16.2. The van der Waals surface area contributed by atoms with Crippen LogP contribution in [0.5, 0.6) is 0 Å². The number of hydrogen-bond acceptors (Lipinski definition) is 3. The Bertz CT molecular complexity index is 437. The molecule has 0 saturated carbocycles. The number of rotatable bonds is 7. The summed E-state index contributed by atoms with van der Waals surface area (Å²) >= 11 is 6.21. The summed E-state index contributed by atoms with van der Waals surface area (Å²) in [5.74, 6) is 0.438. The van der Waals surface area contributed by atoms with Crippen LogP contribution in [-0.2, 0) is 6.54 Å². The van der Waals surface area contributed by atoms with Gasteiger partial charge in [0, 0.05) is 6.54 Å². The van der Waals surface area contributed by atoms with E-state index >= 15 is 0 Å². The van der Waals surface area contributed by atoms with Gasteiger partial charge in [0.1, 0.15) is 0 Å². The molecule has 1 rings (SSSR count). The van der Waals surface area contributed by atoms with E-state index in [1.165, 1.54) is 0 Å². The molecule has 2 unspecified atom stereocenters. The molecule has 0 bridgehead atoms. The van der Waals surface area contributed by atoms with Crippen LogP contribution < -0.4 is 0 Å². The van der Waals surface area contributed by atoms with Crippen molar-refractivity contribution in [3.63, 3.8) is 0 Å². The van der Waals surface area contributed by atoms with Gasteiger partial charge in [0.25, 0.3) is 0 Å². The lowest BCUT2D eigenvalue weighted by molar-refractivity contribution is 0.124. The first-order chi connectivity index (χ1) is 9.60. The molecule has 1 aromatic rings. The maximum Gasteiger partial charge on any atom is 0.0974 e. The van der Waals surface area contributed by atoms with E-state index in [-0.39, 0.29) is 5.41 Å². The molecule has 122 valence electrons. The summed E-state index contributed by atoms with van der Waals surface area (Å²) in [4.78, 5) is 2.09. The molecule has 21 heavy (non-hydrogen) atoms. The number of halogens is 1. The summed E-state index contributed by atoms with van der Waals surface area (Å²) in [5.41, 5.74) is 1.02. The third-order valence-electron chi connectivity index (χ3n) is 3.49. The highest BCUT2D eigenvalue weighted by Gasteiger charge is 2.23. The number of hydrogen-bond donors (Lipinski definition) is 1. The molecular weight excluding hydrogens is 286 g/mol. The highest BCUT2D eigenvalue weighted by Crippen LogP contribution is 2.32. The van der Waals surface area contributed by atoms with Crippen molar-refractivity contribution in [2.75, 3.05) is 20.6 Å². The molecule has 1 N–H and O–H groups in total. The van der Waals surface area contributed by atoms with Gasteiger partial charge in [-0.05, 0) is 38.3 Å². The van der Waals surface area contributed by atoms with E-state index in [4.69, 9.17) is 11.6 Å². The van der Waals surface area contributed by atoms with Crippen molar-refractivity contribution in [3.8, 4) is 0 Å². The molecule has 1 aromatic heterocycles. The molecule has 0 aromatic carbocycles. The summed E-state index contributed by atoms with van der Waals surface area (Å²) in [5, 5.41) is 15.4. The quantitative estimate of drug-likeness (QED) is 0.836. The highest BCUT2D eigenvalue weighted by atomic mass is 35.5. The van der Waals surface area contributed by atoms with E-state index < -0.39 is 6.10 Å². The third kappa shape index (κ3) is 6.37. The second-order valence-electron chi connectivity index (χ2n) is 7.53. The monoisotopic (exact) mass is 315 g/mol. The lowest BCUT2D eigenvalue weighted by Gasteiger charge is -2.25. The summed E-state index contributed by atoms with van der Waals surface area (Å²) in [6, 6.07) is 0. The number of likely N-dealkylation sites (N-methyl/N-ethyl adjacent to an activating group) is 1. The van der Waals surface area contributed by atoms with Gasteiger partial charge in [-0.2, -0.15) is 5.10 Å². The Morgan fingerprint density at radius 1 is 1.38 bits per heavy atom. The molecule has 0 fully saturated rings. The van der Waals surface area contributed by atoms with E-state index in [0.29, 0.717) is 17.4 Å². The molecule has 0 aliphatic rings. The van der Waals surface area contributed by atoms with Gasteiger partial charge in [-0.25, -0.2) is 0 Å². The minimum Gasteiger partial charge on any atom is -0.387 e. The van der Waals surface area contributed by atoms with Gasteiger partial charge in [-0.1, -0.05) is 39.3 Å². The Labute approximate surface area is 134 Å². The first-order valence-electron chi connectivity index (χ1n) is 7.64. The van der Waals surface area contributed by atoms with Crippen molar-refractivity contribution in [1.82, 2.24) is 14.7 Å². The first-order valence-corrected chi connectivity index (χ1v) is 8.02. The highest BCUT2D eigenvalue weighted by molar-refractivity contribution is 6.31. The maximum atomic E-state index is 10.5. The molecule has 4 nitrogen and oxygen atoms in total. The van der Waals surface area contributed by atoms with Crippen molar-refractivity contribution in [3.05, 3.63) is 16.9 Å². The largest absolute Gasteiger partial charge is 0.387 e. The van der Waals surface area contributed by atoms with Gasteiger partial charge in [0.15, 0.2) is 0 Å². The van der Waals surface area contributed by atoms with Crippen LogP contribution in [0.2, 0.25) is 5.02 Å². The fraction of sp³-hybridized carbons (Fsp3) is 0.812. The smallest absolute Gasteiger partial charge is 0.0974 e. The Morgan fingerprint density at radius 3 is 2.52 bits per heavy atom. The number of aliphatic hydroxyl groups excluding tert-OH is 1. The van der Waals surface area contributed by atoms with Crippen LogP contribution in [0.1, 0.15) is 52.3 Å². The molecule has 5 heteroatoms. The van der Waals surface area contributed by atoms with E-state index in [1.54, 1.807) is 6.20 Å². The van der Waals surface area contributed by atoms with Crippen LogP contribution in [0, 0.1) is 11.3 Å². The topological polar surface area (TPSA) is 41.3 Å². The minimum atomic E-state index is -0.556. The summed E-state index contributed by atoms with van der Waals surface area (Å²) < 4.78 is 1.83. The molecular formula is C16H30ClN3O. The Kier molecular flexibility index (Phi) is 6.70. The summed E-state index contributed by atoms with van der Waals surface area (Å²) in [7, 11) is 4.04. The molecule has 0 spiro atoms. The van der Waals surface area contributed by atoms with Crippen LogP contribution in [0.25, 0.3) is 0 Å². The SMILES string of the molecule is CC(CC(O)c1c(Cl)cnn1CCN(C)C)CC(C)(C)C. The van der Waals surface area contributed by atoms with Gasteiger partial charge in [0.05, 0.1) is 29.6 Å². The van der Waals surface area contributed by atoms with Crippen LogP contribution in [0.3, 0.4) is 0 Å². The predicted octanol–water partition coefficient (Wildman–Crippen LogP) is 3.59. The van der Waals surface area contributed by atoms with Crippen molar-refractivity contribution in [2.45, 2.75) is 53.2 Å². The fourth-order valence-corrected chi connectivity index (χ4v) is 3.06. The fourth-order valence-electron chi connectivity index (χ4n) is 2.80. The van der Waals surface area contributed by atoms with E-state index in [9.17, 15) is 5.11 Å². The maximum absolute atomic E-state index is 10.5. The minimum absolute atomic E-state index is 0.272. The normalized spacial score (nSPS) is 15.5. The van der Waals surface area contributed by atoms with Gasteiger partial charge >= 0.3 is 0 Å². The van der Waals surface area contributed by atoms with Gasteiger partial charge < -0.3 is 10.0 Å². The Balaban J connectivity index is 2.73. The van der Waals surface area contributed by atoms with Crippen molar-refractivity contribution in [1.29, 1.82) is 0 Å². The van der Waals surface area contributed by atoms with Gasteiger partial charge in [0.2, 0.25) is 0 Å². The van der Waals surface area contributed by atoms with E-state index in [1.807, 2.05) is 18.8 Å². The van der Waals surface area contributed by atoms with Crippen LogP contribution in [-0.4, -0.2) is 40.4 Å². The van der Waals surface area contributed by atoms with Crippen LogP contribution >= 0.6 is 11.6 Å². The lowest BCUT2D eigenvalue weighted by Crippen LogP contribution is -2.22. The molecule has 0 saturated heterocycles. The number of aliphatic hydroxyl groups is 1. The number of nitrogens with zero attached hydrogens (tertiary/aromatic N) is 3. The summed E-state index contributed by atoms with van der Waals surface area (Å²) in [6.45, 7) is 10.5. The number of aromatic nitrogens is 2. The second kappa shape index (κ2) is 7.61. The van der Waals surface area contributed by atoms with Crippen molar-refractivity contribution in [2.24, 2.45) is 11.3 Å². The van der Waals surface area contributed by atoms with Gasteiger partial charge in [-0.15, -0.1) is 0 Å². The summed E-state index contributed by atoms with van der Waals surface area (Å²) in [6.07, 6.45) is 2.86. The molecule has 2 atom stereocenters. The Hall–Kier alpha value is -0.580. The molecule has 0 aliphatic heterocycles. The van der Waals surface area contributed by atoms with E-state index in [0.717, 1.165) is 25.2 Å². The lowest BCUT2D eigenvalue weighted by atomic mass is 9.83. The van der Waals surface area contributed by atoms with Crippen LogP contribution in [0.15, 0.2) is 6.20 Å². The standard InChI is InChI=1S/C16H30ClN3O/c1-12(10-16(2,3)4)9-14(21)15-13(17)11-18-20(15)8-7-19(5)6/h11-12,14,21H,7-10H2,1-6H3. The second-order valence-corrected chi connectivity index (χ2v) is 7.93. The molecule has 0 aliphatic carbocycles. The zero-order valence-electron chi connectivity index (χ0n) is 14.2. The van der Waals surface area contributed by atoms with E-state index in [2.05, 4.69) is 37.7 Å². The zero-order valence-corrected chi connectivity index (χ0v) is 15.0. The third-order valence-corrected chi connectivity index (χ3v) is 3.79. The average molecular weight is 316 g/mol. The average Bonchev–Trinajstić information content (AvgIpc) is 2.65. The van der Waals surface area contributed by atoms with Crippen molar-refractivity contribution < 1.29 is 5.11 Å². The van der Waals surface area contributed by atoms with Crippen LogP contribution in [0.4, 0.5) is 0 Å². The van der Waals surface area contributed by atoms with Crippen molar-refractivity contribution >= 4 is 11.6 Å². The Morgan fingerprint density at radius 2 is 2.00 bits per heavy atom. The predicted molar refractivity (Wildman–Crippen MR) is 88.6 cm³/mol. The molecule has 0 amide bonds. The van der Waals surface area contributed by atoms with Gasteiger partial charge in [-0.3, -0.25) is 4.68 Å². The molecule has 0 radical (unpaired) electrons. The first kappa shape index (κ1) is 18.5. The molecule has 1 heterocycles.